The summed E-state index contributed by atoms with van der Waals surface area (Å²) in [5.74, 6) is 4.03. The van der Waals surface area contributed by atoms with Crippen LogP contribution in [0.25, 0.3) is 0 Å². The zero-order chi connectivity index (χ0) is 83.5. The smallest absolute Gasteiger partial charge is 0.323 e. The number of benzene rings is 9. The van der Waals surface area contributed by atoms with Crippen molar-refractivity contribution in [3.8, 4) is 34.5 Å². The van der Waals surface area contributed by atoms with Gasteiger partial charge in [-0.2, -0.15) is 0 Å². The largest absolute Gasteiger partial charge is 0.497 e. The fourth-order valence-electron chi connectivity index (χ4n) is 16.9. The number of anilines is 6. The first-order valence-corrected chi connectivity index (χ1v) is 43.2. The van der Waals surface area contributed by atoms with Crippen LogP contribution in [0.15, 0.2) is 164 Å². The van der Waals surface area contributed by atoms with Crippen molar-refractivity contribution in [2.45, 2.75) is 253 Å². The molecule has 0 fully saturated rings. The molecule has 0 spiro atoms. The van der Waals surface area contributed by atoms with Gasteiger partial charge < -0.3 is 60.3 Å². The Balaban J connectivity index is 1.32. The summed E-state index contributed by atoms with van der Waals surface area (Å²) < 4.78 is 40.5. The van der Waals surface area contributed by atoms with Crippen molar-refractivity contribution in [3.05, 3.63) is 247 Å². The van der Waals surface area contributed by atoms with Gasteiger partial charge in [0.2, 0.25) is 0 Å². The second-order valence-electron chi connectivity index (χ2n) is 34.8. The molecule has 0 aromatic heterocycles. The van der Waals surface area contributed by atoms with Crippen molar-refractivity contribution in [1.82, 2.24) is 0 Å². The highest BCUT2D eigenvalue weighted by molar-refractivity contribution is 6.03. The number of carbonyl (C=O) groups excluding carboxylic acids is 3. The second kappa shape index (κ2) is 43.2. The van der Waals surface area contributed by atoms with Crippen molar-refractivity contribution in [2.75, 3.05) is 73.1 Å². The van der Waals surface area contributed by atoms with Gasteiger partial charge >= 0.3 is 18.1 Å². The van der Waals surface area contributed by atoms with Crippen LogP contribution in [0.3, 0.4) is 0 Å². The lowest BCUT2D eigenvalue weighted by atomic mass is 9.76. The topological polar surface area (TPSA) is 179 Å². The number of amides is 6. The number of unbranched alkanes of at least 4 members (excludes halogenated alkanes) is 15. The van der Waals surface area contributed by atoms with Crippen molar-refractivity contribution < 1.29 is 42.8 Å². The molecule has 1 aliphatic rings. The monoisotopic (exact) mass is 1590 g/mol. The zero-order valence-electron chi connectivity index (χ0n) is 72.9. The molecule has 15 nitrogen and oxygen atoms in total. The Bertz CT molecular complexity index is 4110. The number of fused-ring (bicyclic) bond motifs is 12. The lowest BCUT2D eigenvalue weighted by Crippen LogP contribution is -2.24. The van der Waals surface area contributed by atoms with E-state index in [1.54, 1.807) is 21.3 Å². The molecule has 117 heavy (non-hydrogen) atoms. The third kappa shape index (κ3) is 26.0. The highest BCUT2D eigenvalue weighted by Crippen LogP contribution is 2.46. The van der Waals surface area contributed by atoms with E-state index >= 15 is 14.4 Å². The summed E-state index contributed by atoms with van der Waals surface area (Å²) in [6.07, 6.45) is 21.8. The Kier molecular flexibility index (Phi) is 32.8. The maximum atomic E-state index is 15.2. The van der Waals surface area contributed by atoms with Crippen LogP contribution in [0.1, 0.15) is 282 Å². The minimum absolute atomic E-state index is 0.340. The number of para-hydroxylation sites is 3. The minimum atomic E-state index is -0.501. The quantitative estimate of drug-likeness (QED) is 0.0218. The fraction of sp³-hybridized carbons (Fsp3) is 0.441. The van der Waals surface area contributed by atoms with Gasteiger partial charge in [-0.05, 0) is 228 Å². The first-order valence-electron chi connectivity index (χ1n) is 43.2. The molecule has 10 rings (SSSR count). The summed E-state index contributed by atoms with van der Waals surface area (Å²) in [6.45, 7) is 28.6. The molecule has 0 saturated heterocycles. The standard InChI is InChI=1S/C102H132N6O9/c1-16-19-22-25-28-40-49-115-88-64-76-52-70-58-85(112-13)60-72(91(70)100(4,5)6)54-78-66-89(116-50-41-29-26-23-20-17-2)68-80(95(78)107-98(110)104-83-45-36-32-37-46-83)56-74-62-87(114-15)63-75(93(74)102(10,11)12)57-81-69-90(117-51-42-30-27-24-21-18-3)67-79(96(81)108-99(111)105-84-47-38-33-39-48-84)55-73-61-86(113-14)59-71(92(73)101(7,8)9)53-77(65-88)94(76)106-97(109)103-82-43-34-31-35-44-82/h31-39,43-48,58-69H,16-30,40-42,49-57H2,1-15H3,(H2,103,106,109)(H2,104,107,110)(H2,105,108,111). The molecule has 15 heteroatoms. The van der Waals surface area contributed by atoms with Gasteiger partial charge in [-0.15, -0.1) is 0 Å². The molecule has 624 valence electrons. The van der Waals surface area contributed by atoms with Gasteiger partial charge in [-0.3, -0.25) is 0 Å². The molecule has 9 aromatic carbocycles. The Morgan fingerprint density at radius 1 is 0.265 bits per heavy atom. The van der Waals surface area contributed by atoms with Crippen LogP contribution >= 0.6 is 0 Å². The van der Waals surface area contributed by atoms with Crippen LogP contribution in [-0.4, -0.2) is 59.2 Å². The van der Waals surface area contributed by atoms with Gasteiger partial charge in [0.1, 0.15) is 34.5 Å². The Morgan fingerprint density at radius 2 is 0.462 bits per heavy atom. The molecule has 6 N–H and O–H groups in total. The first-order chi connectivity index (χ1) is 56.3. The summed E-state index contributed by atoms with van der Waals surface area (Å²) in [4.78, 5) is 45.6. The lowest BCUT2D eigenvalue weighted by Gasteiger charge is -2.31. The van der Waals surface area contributed by atoms with E-state index in [1.807, 2.05) is 91.0 Å². The highest BCUT2D eigenvalue weighted by atomic mass is 16.5. The number of ether oxygens (including phenoxy) is 6. The van der Waals surface area contributed by atoms with Gasteiger partial charge in [-0.25, -0.2) is 14.4 Å². The molecule has 12 bridgehead atoms. The van der Waals surface area contributed by atoms with Gasteiger partial charge in [0, 0.05) is 72.6 Å². The van der Waals surface area contributed by atoms with E-state index in [1.165, 1.54) is 38.5 Å². The normalized spacial score (nSPS) is 12.3. The molecule has 0 saturated carbocycles. The van der Waals surface area contributed by atoms with Crippen molar-refractivity contribution in [2.24, 2.45) is 0 Å². The molecule has 0 unspecified atom stereocenters. The number of nitrogens with one attached hydrogen (secondary N) is 6. The van der Waals surface area contributed by atoms with Crippen LogP contribution in [-0.2, 0) is 54.8 Å². The van der Waals surface area contributed by atoms with E-state index in [-0.39, 0.29) is 0 Å². The molecule has 0 aliphatic heterocycles. The predicted molar refractivity (Wildman–Crippen MR) is 485 cm³/mol. The van der Waals surface area contributed by atoms with Crippen LogP contribution in [0.5, 0.6) is 34.5 Å². The van der Waals surface area contributed by atoms with Crippen LogP contribution in [0.4, 0.5) is 48.5 Å². The van der Waals surface area contributed by atoms with Crippen molar-refractivity contribution >= 4 is 52.2 Å². The summed E-state index contributed by atoms with van der Waals surface area (Å²) >= 11 is 0. The van der Waals surface area contributed by atoms with E-state index in [0.29, 0.717) is 127 Å². The SMILES string of the molecule is CCCCCCCCOc1cc2c(NC(=O)Nc3ccccc3)c(c1)Cc1cc(OC)cc(c1C(C)(C)C)Cc1cc(OCCCCCCCC)cc(c1NC(=O)Nc1ccccc1)Cc1cc(OC)cc(c1C(C)(C)C)Cc1cc(OCCCCCCCC)cc(c1NC(=O)Nc1ccccc1)Cc1cc(OC)cc(c1C(C)(C)C)C2. The molecule has 6 amide bonds. The molecule has 9 aromatic rings. The first kappa shape index (κ1) is 88.9. The fourth-order valence-corrected chi connectivity index (χ4v) is 16.9. The van der Waals surface area contributed by atoms with E-state index < -0.39 is 34.3 Å². The minimum Gasteiger partial charge on any atom is -0.497 e. The van der Waals surface area contributed by atoms with Gasteiger partial charge in [-0.1, -0.05) is 234 Å². The molecule has 0 atom stereocenters. The van der Waals surface area contributed by atoms with E-state index in [2.05, 4.69) is 188 Å². The number of methoxy groups -OCH3 is 3. The average molecular weight is 1590 g/mol. The third-order valence-electron chi connectivity index (χ3n) is 22.0. The number of rotatable bonds is 33. The van der Waals surface area contributed by atoms with E-state index in [0.717, 1.165) is 161 Å². The van der Waals surface area contributed by atoms with E-state index in [4.69, 9.17) is 28.4 Å². The molecule has 0 heterocycles. The van der Waals surface area contributed by atoms with Crippen molar-refractivity contribution in [3.63, 3.8) is 0 Å². The summed E-state index contributed by atoms with van der Waals surface area (Å²) in [7, 11) is 5.15. The van der Waals surface area contributed by atoms with Crippen LogP contribution in [0.2, 0.25) is 0 Å². The predicted octanol–water partition coefficient (Wildman–Crippen LogP) is 26.6. The molecule has 0 radical (unpaired) electrons. The third-order valence-corrected chi connectivity index (χ3v) is 22.0. The summed E-state index contributed by atoms with van der Waals surface area (Å²) in [5, 5.41) is 20.1. The number of urea groups is 3. The summed E-state index contributed by atoms with van der Waals surface area (Å²) in [5.41, 5.74) is 16.5. The van der Waals surface area contributed by atoms with Crippen LogP contribution in [0, 0.1) is 0 Å². The van der Waals surface area contributed by atoms with Crippen molar-refractivity contribution in [1.29, 1.82) is 0 Å². The number of hydrogen-bond acceptors (Lipinski definition) is 9. The van der Waals surface area contributed by atoms with E-state index in [9.17, 15) is 0 Å². The van der Waals surface area contributed by atoms with Gasteiger partial charge in [0.15, 0.2) is 0 Å². The Morgan fingerprint density at radius 3 is 0.658 bits per heavy atom. The average Bonchev–Trinajstić information content (AvgIpc) is 0.765. The maximum Gasteiger partial charge on any atom is 0.323 e. The molecular weight excluding hydrogens is 1450 g/mol. The Labute approximate surface area is 699 Å². The lowest BCUT2D eigenvalue weighted by molar-refractivity contribution is 0.261. The van der Waals surface area contributed by atoms with Gasteiger partial charge in [0.25, 0.3) is 0 Å². The zero-order valence-corrected chi connectivity index (χ0v) is 72.9. The second-order valence-corrected chi connectivity index (χ2v) is 34.8. The summed E-state index contributed by atoms with van der Waals surface area (Å²) in [6, 6.07) is 53.0. The maximum absolute atomic E-state index is 15.2. The van der Waals surface area contributed by atoms with Gasteiger partial charge in [0.05, 0.1) is 41.2 Å². The molecule has 1 aliphatic carbocycles. The molecular formula is C102H132N6O9. The number of hydrogen-bond donors (Lipinski definition) is 6. The Hall–Kier alpha value is -10.4. The number of carbonyl (C=O) groups is 3. The highest BCUT2D eigenvalue weighted by Gasteiger charge is 2.32. The van der Waals surface area contributed by atoms with Crippen LogP contribution < -0.4 is 60.3 Å².